The SMILES string of the molecule is CC1(C)OC(=N[C@@H](CCO)c2ccccc2)NS(=O)(=O)C1Cc1ccccc1. The van der Waals surface area contributed by atoms with Crippen LogP contribution in [0, 0.1) is 0 Å². The fourth-order valence-electron chi connectivity index (χ4n) is 3.38. The number of ether oxygens (including phenoxy) is 1. The minimum Gasteiger partial charge on any atom is -0.457 e. The summed E-state index contributed by atoms with van der Waals surface area (Å²) in [6.07, 6.45) is 0.710. The molecule has 1 aliphatic rings. The van der Waals surface area contributed by atoms with Gasteiger partial charge in [-0.1, -0.05) is 60.7 Å². The van der Waals surface area contributed by atoms with Crippen LogP contribution in [0.25, 0.3) is 0 Å². The summed E-state index contributed by atoms with van der Waals surface area (Å²) in [6, 6.07) is 18.5. The van der Waals surface area contributed by atoms with Crippen LogP contribution in [0.3, 0.4) is 0 Å². The van der Waals surface area contributed by atoms with Crippen molar-refractivity contribution in [3.8, 4) is 0 Å². The number of aliphatic imine (C=N–C) groups is 1. The molecule has 2 aromatic rings. The van der Waals surface area contributed by atoms with Crippen molar-refractivity contribution >= 4 is 16.0 Å². The molecular formula is C21H26N2O4S. The highest BCUT2D eigenvalue weighted by molar-refractivity contribution is 7.90. The average molecular weight is 403 g/mol. The molecule has 0 bridgehead atoms. The lowest BCUT2D eigenvalue weighted by Crippen LogP contribution is -2.59. The van der Waals surface area contributed by atoms with Gasteiger partial charge in [0.15, 0.2) is 0 Å². The van der Waals surface area contributed by atoms with Crippen LogP contribution in [-0.2, 0) is 21.2 Å². The van der Waals surface area contributed by atoms with E-state index in [0.29, 0.717) is 12.8 Å². The number of aliphatic hydroxyl groups is 1. The quantitative estimate of drug-likeness (QED) is 0.778. The lowest BCUT2D eigenvalue weighted by atomic mass is 9.97. The van der Waals surface area contributed by atoms with Gasteiger partial charge in [-0.3, -0.25) is 0 Å². The molecule has 0 aliphatic carbocycles. The molecule has 1 heterocycles. The van der Waals surface area contributed by atoms with Crippen molar-refractivity contribution in [1.82, 2.24) is 4.72 Å². The number of nitrogens with one attached hydrogen (secondary N) is 1. The molecule has 150 valence electrons. The molecule has 0 amide bonds. The molecule has 0 aromatic heterocycles. The van der Waals surface area contributed by atoms with E-state index in [2.05, 4.69) is 9.71 Å². The Morgan fingerprint density at radius 2 is 1.71 bits per heavy atom. The van der Waals surface area contributed by atoms with Crippen LogP contribution in [0.1, 0.15) is 37.4 Å². The first-order chi connectivity index (χ1) is 13.3. The third-order valence-corrected chi connectivity index (χ3v) is 6.81. The van der Waals surface area contributed by atoms with Crippen molar-refractivity contribution in [3.63, 3.8) is 0 Å². The summed E-state index contributed by atoms with van der Waals surface area (Å²) in [5.41, 5.74) is 0.854. The number of sulfonamides is 1. The lowest BCUT2D eigenvalue weighted by molar-refractivity contribution is 0.0759. The fourth-order valence-corrected chi connectivity index (χ4v) is 5.07. The summed E-state index contributed by atoms with van der Waals surface area (Å²) >= 11 is 0. The first-order valence-electron chi connectivity index (χ1n) is 9.30. The molecule has 3 rings (SSSR count). The van der Waals surface area contributed by atoms with Crippen molar-refractivity contribution in [2.45, 2.75) is 43.6 Å². The van der Waals surface area contributed by atoms with E-state index in [9.17, 15) is 13.5 Å². The summed E-state index contributed by atoms with van der Waals surface area (Å²) in [5, 5.41) is 8.64. The summed E-state index contributed by atoms with van der Waals surface area (Å²) in [5.74, 6) is 0. The predicted octanol–water partition coefficient (Wildman–Crippen LogP) is 2.81. The van der Waals surface area contributed by atoms with Crippen molar-refractivity contribution in [2.24, 2.45) is 4.99 Å². The Morgan fingerprint density at radius 3 is 2.29 bits per heavy atom. The van der Waals surface area contributed by atoms with Crippen LogP contribution in [0.5, 0.6) is 0 Å². The van der Waals surface area contributed by atoms with Gasteiger partial charge >= 0.3 is 0 Å². The Labute approximate surface area is 166 Å². The molecule has 0 radical (unpaired) electrons. The van der Waals surface area contributed by atoms with Gasteiger partial charge in [0, 0.05) is 6.61 Å². The van der Waals surface area contributed by atoms with E-state index in [1.54, 1.807) is 13.8 Å². The molecule has 2 atom stereocenters. The van der Waals surface area contributed by atoms with Crippen LogP contribution >= 0.6 is 0 Å². The number of aliphatic hydroxyl groups excluding tert-OH is 1. The molecule has 7 heteroatoms. The minimum absolute atomic E-state index is 0.0309. The maximum Gasteiger partial charge on any atom is 0.299 e. The lowest BCUT2D eigenvalue weighted by Gasteiger charge is -2.39. The summed E-state index contributed by atoms with van der Waals surface area (Å²) in [4.78, 5) is 4.47. The van der Waals surface area contributed by atoms with E-state index < -0.39 is 26.9 Å². The molecule has 1 unspecified atom stereocenters. The Balaban J connectivity index is 1.87. The van der Waals surface area contributed by atoms with Gasteiger partial charge in [0.25, 0.3) is 6.02 Å². The molecular weight excluding hydrogens is 376 g/mol. The third kappa shape index (κ3) is 4.72. The molecule has 1 aliphatic heterocycles. The third-order valence-electron chi connectivity index (χ3n) is 4.86. The van der Waals surface area contributed by atoms with Crippen molar-refractivity contribution in [1.29, 1.82) is 0 Å². The van der Waals surface area contributed by atoms with Crippen molar-refractivity contribution < 1.29 is 18.3 Å². The Kier molecular flexibility index (Phi) is 6.05. The number of amidine groups is 1. The molecule has 2 aromatic carbocycles. The molecule has 6 nitrogen and oxygen atoms in total. The average Bonchev–Trinajstić information content (AvgIpc) is 2.65. The topological polar surface area (TPSA) is 88.0 Å². The monoisotopic (exact) mass is 402 g/mol. The van der Waals surface area contributed by atoms with E-state index in [-0.39, 0.29) is 12.6 Å². The van der Waals surface area contributed by atoms with Crippen molar-refractivity contribution in [3.05, 3.63) is 71.8 Å². The molecule has 0 spiro atoms. The summed E-state index contributed by atoms with van der Waals surface area (Å²) < 4.78 is 34.4. The molecule has 28 heavy (non-hydrogen) atoms. The Hall–Kier alpha value is -2.38. The number of hydrogen-bond donors (Lipinski definition) is 2. The second-order valence-electron chi connectivity index (χ2n) is 7.40. The maximum atomic E-state index is 13.0. The number of benzene rings is 2. The molecule has 1 saturated heterocycles. The van der Waals surface area contributed by atoms with E-state index >= 15 is 0 Å². The molecule has 0 saturated carbocycles. The maximum absolute atomic E-state index is 13.0. The van der Waals surface area contributed by atoms with Crippen LogP contribution in [-0.4, -0.2) is 37.0 Å². The van der Waals surface area contributed by atoms with Crippen LogP contribution in [0.2, 0.25) is 0 Å². The zero-order chi connectivity index (χ0) is 20.2. The van der Waals surface area contributed by atoms with E-state index in [1.807, 2.05) is 60.7 Å². The smallest absolute Gasteiger partial charge is 0.299 e. The number of nitrogens with zero attached hydrogens (tertiary/aromatic N) is 1. The van der Waals surface area contributed by atoms with E-state index in [0.717, 1.165) is 11.1 Å². The van der Waals surface area contributed by atoms with Crippen LogP contribution in [0.4, 0.5) is 0 Å². The second kappa shape index (κ2) is 8.32. The van der Waals surface area contributed by atoms with Gasteiger partial charge < -0.3 is 9.84 Å². The van der Waals surface area contributed by atoms with Gasteiger partial charge in [-0.2, -0.15) is 0 Å². The van der Waals surface area contributed by atoms with Gasteiger partial charge in [0.1, 0.15) is 10.9 Å². The van der Waals surface area contributed by atoms with Gasteiger partial charge in [0.05, 0.1) is 6.04 Å². The second-order valence-corrected chi connectivity index (χ2v) is 9.27. The highest BCUT2D eigenvalue weighted by Crippen LogP contribution is 2.30. The standard InChI is InChI=1S/C21H26N2O4S/c1-21(2)19(15-16-9-5-3-6-10-16)28(25,26)23-20(27-21)22-18(13-14-24)17-11-7-4-8-12-17/h3-12,18-19,24H,13-15H2,1-2H3,(H,22,23)/t18-,19?/m0/s1. The van der Waals surface area contributed by atoms with Crippen molar-refractivity contribution in [2.75, 3.05) is 6.61 Å². The zero-order valence-corrected chi connectivity index (χ0v) is 16.9. The Bertz CT molecular complexity index is 912. The predicted molar refractivity (Wildman–Crippen MR) is 109 cm³/mol. The summed E-state index contributed by atoms with van der Waals surface area (Å²) in [7, 11) is -3.69. The highest BCUT2D eigenvalue weighted by atomic mass is 32.2. The normalized spacial score (nSPS) is 22.8. The summed E-state index contributed by atoms with van der Waals surface area (Å²) in [6.45, 7) is 3.46. The fraction of sp³-hybridized carbons (Fsp3) is 0.381. The first-order valence-corrected chi connectivity index (χ1v) is 10.8. The number of rotatable bonds is 6. The van der Waals surface area contributed by atoms with Gasteiger partial charge in [-0.25, -0.2) is 18.1 Å². The van der Waals surface area contributed by atoms with E-state index in [1.165, 1.54) is 0 Å². The highest BCUT2D eigenvalue weighted by Gasteiger charge is 2.47. The number of hydrogen-bond acceptors (Lipinski definition) is 5. The van der Waals surface area contributed by atoms with Crippen LogP contribution < -0.4 is 4.72 Å². The van der Waals surface area contributed by atoms with Gasteiger partial charge in [-0.05, 0) is 37.8 Å². The zero-order valence-electron chi connectivity index (χ0n) is 16.1. The minimum atomic E-state index is -3.69. The van der Waals surface area contributed by atoms with Crippen LogP contribution in [0.15, 0.2) is 65.7 Å². The molecule has 1 fully saturated rings. The Morgan fingerprint density at radius 1 is 1.11 bits per heavy atom. The van der Waals surface area contributed by atoms with Gasteiger partial charge in [0.2, 0.25) is 10.0 Å². The first kappa shape index (κ1) is 20.4. The van der Waals surface area contributed by atoms with Gasteiger partial charge in [-0.15, -0.1) is 0 Å². The van der Waals surface area contributed by atoms with E-state index in [4.69, 9.17) is 4.74 Å². The molecule has 2 N–H and O–H groups in total. The largest absolute Gasteiger partial charge is 0.457 e.